The predicted molar refractivity (Wildman–Crippen MR) is 93.1 cm³/mol. The van der Waals surface area contributed by atoms with Crippen molar-refractivity contribution in [2.75, 3.05) is 7.05 Å². The van der Waals surface area contributed by atoms with Crippen LogP contribution in [0.25, 0.3) is 0 Å². The highest BCUT2D eigenvalue weighted by Gasteiger charge is 2.25. The lowest BCUT2D eigenvalue weighted by Crippen LogP contribution is -2.21. The molecule has 1 fully saturated rings. The lowest BCUT2D eigenvalue weighted by atomic mass is 9.76. The number of nitrogens with one attached hydrogen (secondary N) is 1. The van der Waals surface area contributed by atoms with Gasteiger partial charge in [-0.05, 0) is 70.6 Å². The first-order chi connectivity index (χ1) is 10.2. The van der Waals surface area contributed by atoms with Crippen LogP contribution < -0.4 is 5.32 Å². The summed E-state index contributed by atoms with van der Waals surface area (Å²) in [4.78, 5) is 0. The molecule has 0 spiro atoms. The van der Waals surface area contributed by atoms with E-state index in [2.05, 4.69) is 57.6 Å². The Morgan fingerprint density at radius 3 is 2.57 bits per heavy atom. The molecule has 1 saturated carbocycles. The van der Waals surface area contributed by atoms with Crippen molar-refractivity contribution in [3.63, 3.8) is 0 Å². The topological polar surface area (TPSA) is 12.0 Å². The van der Waals surface area contributed by atoms with Gasteiger partial charge in [0.1, 0.15) is 0 Å². The van der Waals surface area contributed by atoms with Crippen LogP contribution in [0.1, 0.15) is 47.9 Å². The smallest absolute Gasteiger partial charge is 0.0577 e. The molecule has 1 N–H and O–H groups in total. The first-order valence-corrected chi connectivity index (χ1v) is 8.59. The van der Waals surface area contributed by atoms with Crippen LogP contribution in [-0.2, 0) is 0 Å². The van der Waals surface area contributed by atoms with Gasteiger partial charge in [-0.15, -0.1) is 0 Å². The molecule has 0 aliphatic heterocycles. The summed E-state index contributed by atoms with van der Waals surface area (Å²) < 4.78 is 0.947. The fourth-order valence-corrected chi connectivity index (χ4v) is 3.57. The summed E-state index contributed by atoms with van der Waals surface area (Å²) in [5.74, 6) is 0.729. The third-order valence-electron chi connectivity index (χ3n) is 4.42. The Hall–Kier alpha value is -0.830. The van der Waals surface area contributed by atoms with Crippen molar-refractivity contribution in [3.8, 4) is 0 Å². The van der Waals surface area contributed by atoms with Gasteiger partial charge in [-0.2, -0.15) is 0 Å². The normalized spacial score (nSPS) is 16.5. The maximum atomic E-state index is 6.12. The molecule has 1 aliphatic carbocycles. The van der Waals surface area contributed by atoms with Crippen LogP contribution in [0, 0.1) is 0 Å². The molecular weight excluding hydrogens is 346 g/mol. The van der Waals surface area contributed by atoms with Gasteiger partial charge in [-0.3, -0.25) is 0 Å². The molecule has 0 heterocycles. The lowest BCUT2D eigenvalue weighted by Gasteiger charge is -2.30. The van der Waals surface area contributed by atoms with E-state index in [1.165, 1.54) is 36.0 Å². The monoisotopic (exact) mass is 363 g/mol. The number of halogens is 2. The minimum atomic E-state index is 0.204. The first kappa shape index (κ1) is 15.1. The van der Waals surface area contributed by atoms with Crippen LogP contribution in [0.15, 0.2) is 46.9 Å². The second kappa shape index (κ2) is 6.51. The average molecular weight is 365 g/mol. The van der Waals surface area contributed by atoms with Crippen molar-refractivity contribution < 1.29 is 0 Å². The van der Waals surface area contributed by atoms with E-state index in [4.69, 9.17) is 11.6 Å². The van der Waals surface area contributed by atoms with E-state index in [0.717, 1.165) is 15.4 Å². The van der Waals surface area contributed by atoms with Gasteiger partial charge in [-0.1, -0.05) is 48.4 Å². The van der Waals surface area contributed by atoms with Crippen molar-refractivity contribution in [3.05, 3.63) is 68.7 Å². The Morgan fingerprint density at radius 2 is 1.95 bits per heavy atom. The minimum Gasteiger partial charge on any atom is -0.309 e. The molecule has 2 aromatic rings. The Bertz CT molecular complexity index is 637. The Kier molecular flexibility index (Phi) is 4.68. The zero-order valence-electron chi connectivity index (χ0n) is 12.1. The van der Waals surface area contributed by atoms with Crippen LogP contribution in [-0.4, -0.2) is 7.05 Å². The van der Waals surface area contributed by atoms with E-state index < -0.39 is 0 Å². The average Bonchev–Trinajstić information content (AvgIpc) is 2.43. The van der Waals surface area contributed by atoms with Gasteiger partial charge in [-0.25, -0.2) is 0 Å². The Balaban J connectivity index is 2.01. The third kappa shape index (κ3) is 3.03. The van der Waals surface area contributed by atoms with Gasteiger partial charge in [0.05, 0.1) is 11.1 Å². The molecule has 1 atom stereocenters. The van der Waals surface area contributed by atoms with Crippen molar-refractivity contribution in [2.24, 2.45) is 0 Å². The maximum Gasteiger partial charge on any atom is 0.0577 e. The van der Waals surface area contributed by atoms with Crippen LogP contribution in [0.3, 0.4) is 0 Å². The summed E-state index contributed by atoms with van der Waals surface area (Å²) in [7, 11) is 2.02. The highest BCUT2D eigenvalue weighted by Crippen LogP contribution is 2.41. The van der Waals surface area contributed by atoms with Crippen LogP contribution >= 0.6 is 27.5 Å². The molecule has 1 aliphatic rings. The molecule has 2 aromatic carbocycles. The number of hydrogen-bond acceptors (Lipinski definition) is 1. The van der Waals surface area contributed by atoms with E-state index in [9.17, 15) is 0 Å². The molecule has 0 aromatic heterocycles. The molecule has 1 unspecified atom stereocenters. The quantitative estimate of drug-likeness (QED) is 0.736. The van der Waals surface area contributed by atoms with Crippen molar-refractivity contribution >= 4 is 27.5 Å². The summed E-state index contributed by atoms with van der Waals surface area (Å²) >= 11 is 9.65. The van der Waals surface area contributed by atoms with Crippen molar-refractivity contribution in [1.29, 1.82) is 0 Å². The second-order valence-corrected chi connectivity index (χ2v) is 6.91. The van der Waals surface area contributed by atoms with Gasteiger partial charge < -0.3 is 5.32 Å². The number of rotatable bonds is 4. The maximum absolute atomic E-state index is 6.12. The first-order valence-electron chi connectivity index (χ1n) is 7.41. The molecule has 1 nitrogen and oxygen atoms in total. The second-order valence-electron chi connectivity index (χ2n) is 5.65. The van der Waals surface area contributed by atoms with Gasteiger partial charge in [0.25, 0.3) is 0 Å². The molecule has 0 saturated heterocycles. The van der Waals surface area contributed by atoms with E-state index in [1.807, 2.05) is 13.1 Å². The molecular formula is C18H19BrClN. The molecule has 3 rings (SSSR count). The summed E-state index contributed by atoms with van der Waals surface area (Å²) in [6.07, 6.45) is 3.99. The van der Waals surface area contributed by atoms with E-state index in [0.29, 0.717) is 0 Å². The highest BCUT2D eigenvalue weighted by atomic mass is 79.9. The summed E-state index contributed by atoms with van der Waals surface area (Å²) in [6.45, 7) is 0. The van der Waals surface area contributed by atoms with E-state index >= 15 is 0 Å². The molecule has 3 heteroatoms. The zero-order chi connectivity index (χ0) is 14.8. The fraction of sp³-hybridized carbons (Fsp3) is 0.333. The van der Waals surface area contributed by atoms with Gasteiger partial charge in [0, 0.05) is 4.47 Å². The largest absolute Gasteiger partial charge is 0.309 e. The predicted octanol–water partition coefficient (Wildman–Crippen LogP) is 5.68. The van der Waals surface area contributed by atoms with Crippen LogP contribution in [0.5, 0.6) is 0 Å². The molecule has 110 valence electrons. The zero-order valence-corrected chi connectivity index (χ0v) is 14.4. The van der Waals surface area contributed by atoms with Gasteiger partial charge >= 0.3 is 0 Å². The summed E-state index contributed by atoms with van der Waals surface area (Å²) in [5, 5.41) is 4.21. The SMILES string of the molecule is CNC(c1ccc(Cl)c(Br)c1)c1ccccc1C1CCC1. The molecule has 0 radical (unpaired) electrons. The van der Waals surface area contributed by atoms with Crippen molar-refractivity contribution in [2.45, 2.75) is 31.2 Å². The minimum absolute atomic E-state index is 0.204. The van der Waals surface area contributed by atoms with E-state index in [1.54, 1.807) is 0 Å². The highest BCUT2D eigenvalue weighted by molar-refractivity contribution is 9.10. The molecule has 0 amide bonds. The lowest BCUT2D eigenvalue weighted by molar-refractivity contribution is 0.415. The fourth-order valence-electron chi connectivity index (χ4n) is 3.06. The molecule has 21 heavy (non-hydrogen) atoms. The molecule has 0 bridgehead atoms. The Morgan fingerprint density at radius 1 is 1.19 bits per heavy atom. The van der Waals surface area contributed by atoms with Crippen LogP contribution in [0.2, 0.25) is 5.02 Å². The van der Waals surface area contributed by atoms with Gasteiger partial charge in [0.15, 0.2) is 0 Å². The van der Waals surface area contributed by atoms with Crippen molar-refractivity contribution in [1.82, 2.24) is 5.32 Å². The Labute approximate surface area is 139 Å². The van der Waals surface area contributed by atoms with Crippen LogP contribution in [0.4, 0.5) is 0 Å². The summed E-state index contributed by atoms with van der Waals surface area (Å²) in [6, 6.07) is 15.2. The third-order valence-corrected chi connectivity index (χ3v) is 5.63. The summed E-state index contributed by atoms with van der Waals surface area (Å²) in [5.41, 5.74) is 4.12. The number of hydrogen-bond donors (Lipinski definition) is 1. The van der Waals surface area contributed by atoms with E-state index in [-0.39, 0.29) is 6.04 Å². The standard InChI is InChI=1S/C18H19BrClN/c1-21-18(13-9-10-17(20)16(19)11-13)15-8-3-2-7-14(15)12-5-4-6-12/h2-3,7-12,18,21H,4-6H2,1H3. The number of benzene rings is 2. The van der Waals surface area contributed by atoms with Gasteiger partial charge in [0.2, 0.25) is 0 Å².